The van der Waals surface area contributed by atoms with E-state index in [1.807, 2.05) is 6.07 Å². The van der Waals surface area contributed by atoms with Crippen LogP contribution in [0.25, 0.3) is 0 Å². The predicted molar refractivity (Wildman–Crippen MR) is 76.5 cm³/mol. The van der Waals surface area contributed by atoms with Gasteiger partial charge in [-0.3, -0.25) is 11.3 Å². The number of nitrogens with one attached hydrogen (secondary N) is 1. The molecule has 0 saturated carbocycles. The minimum atomic E-state index is -0.301. The van der Waals surface area contributed by atoms with Gasteiger partial charge < -0.3 is 4.74 Å². The quantitative estimate of drug-likeness (QED) is 0.644. The van der Waals surface area contributed by atoms with Crippen molar-refractivity contribution in [3.8, 4) is 5.88 Å². The highest BCUT2D eigenvalue weighted by Gasteiger charge is 2.14. The largest absolute Gasteiger partial charge is 0.481 e. The van der Waals surface area contributed by atoms with Crippen LogP contribution in [0.3, 0.4) is 0 Å². The minimum absolute atomic E-state index is 0.263. The summed E-state index contributed by atoms with van der Waals surface area (Å²) in [7, 11) is 1.53. The van der Waals surface area contributed by atoms with Gasteiger partial charge in [0.2, 0.25) is 5.88 Å². The van der Waals surface area contributed by atoms with Crippen LogP contribution in [0.5, 0.6) is 5.88 Å². The van der Waals surface area contributed by atoms with Gasteiger partial charge >= 0.3 is 0 Å². The lowest BCUT2D eigenvalue weighted by molar-refractivity contribution is 0.393. The molecule has 0 saturated heterocycles. The Morgan fingerprint density at radius 1 is 1.35 bits per heavy atom. The van der Waals surface area contributed by atoms with Crippen LogP contribution in [0.4, 0.5) is 4.39 Å². The number of nitrogens with two attached hydrogens (primary N) is 1. The standard InChI is InChI=1S/C13H14BrFN4O/c1-20-13-6-11(17-7-18-13)12(19-16)4-8-2-9(14)5-10(15)3-8/h2-3,5-7,12,19H,4,16H2,1H3. The normalized spacial score (nSPS) is 12.2. The first kappa shape index (κ1) is 14.8. The van der Waals surface area contributed by atoms with Crippen molar-refractivity contribution in [1.29, 1.82) is 0 Å². The summed E-state index contributed by atoms with van der Waals surface area (Å²) in [5.41, 5.74) is 4.16. The van der Waals surface area contributed by atoms with Crippen molar-refractivity contribution < 1.29 is 9.13 Å². The molecule has 106 valence electrons. The first-order valence-electron chi connectivity index (χ1n) is 5.89. The number of halogens is 2. The molecule has 7 heteroatoms. The summed E-state index contributed by atoms with van der Waals surface area (Å²) in [6.45, 7) is 0. The van der Waals surface area contributed by atoms with Crippen LogP contribution in [0.1, 0.15) is 17.3 Å². The van der Waals surface area contributed by atoms with Crippen molar-refractivity contribution in [3.05, 3.63) is 52.1 Å². The average molecular weight is 341 g/mol. The van der Waals surface area contributed by atoms with Crippen molar-refractivity contribution >= 4 is 15.9 Å². The number of benzene rings is 1. The summed E-state index contributed by atoms with van der Waals surface area (Å²) in [5.74, 6) is 5.72. The molecule has 1 aromatic heterocycles. The van der Waals surface area contributed by atoms with E-state index in [0.29, 0.717) is 22.5 Å². The Morgan fingerprint density at radius 2 is 2.15 bits per heavy atom. The van der Waals surface area contributed by atoms with Gasteiger partial charge in [-0.25, -0.2) is 14.4 Å². The third-order valence-electron chi connectivity index (χ3n) is 2.79. The zero-order valence-corrected chi connectivity index (χ0v) is 12.4. The van der Waals surface area contributed by atoms with Gasteiger partial charge in [0.15, 0.2) is 0 Å². The molecule has 1 unspecified atom stereocenters. The Balaban J connectivity index is 2.23. The molecule has 20 heavy (non-hydrogen) atoms. The maximum absolute atomic E-state index is 13.4. The molecule has 0 aliphatic rings. The van der Waals surface area contributed by atoms with Crippen LogP contribution < -0.4 is 16.0 Å². The van der Waals surface area contributed by atoms with E-state index in [-0.39, 0.29) is 11.9 Å². The first-order chi connectivity index (χ1) is 9.62. The Hall–Kier alpha value is -1.57. The second-order valence-corrected chi connectivity index (χ2v) is 5.10. The summed E-state index contributed by atoms with van der Waals surface area (Å²) in [6, 6.07) is 6.14. The van der Waals surface area contributed by atoms with Gasteiger partial charge in [0.25, 0.3) is 0 Å². The lowest BCUT2D eigenvalue weighted by atomic mass is 10.0. The van der Waals surface area contributed by atoms with E-state index in [9.17, 15) is 4.39 Å². The fourth-order valence-electron chi connectivity index (χ4n) is 1.87. The molecular formula is C13H14BrFN4O. The summed E-state index contributed by atoms with van der Waals surface area (Å²) in [5, 5.41) is 0. The Morgan fingerprint density at radius 3 is 2.80 bits per heavy atom. The molecule has 1 heterocycles. The number of methoxy groups -OCH3 is 1. The number of nitrogens with zero attached hydrogens (tertiary/aromatic N) is 2. The molecule has 0 radical (unpaired) electrons. The highest BCUT2D eigenvalue weighted by molar-refractivity contribution is 9.10. The van der Waals surface area contributed by atoms with Gasteiger partial charge in [0.05, 0.1) is 18.8 Å². The summed E-state index contributed by atoms with van der Waals surface area (Å²) < 4.78 is 19.1. The number of hydrogen-bond donors (Lipinski definition) is 2. The Bertz CT molecular complexity index is 576. The number of rotatable bonds is 5. The van der Waals surface area contributed by atoms with Gasteiger partial charge in [-0.15, -0.1) is 0 Å². The lowest BCUT2D eigenvalue weighted by Crippen LogP contribution is -2.30. The molecule has 3 N–H and O–H groups in total. The van der Waals surface area contributed by atoms with Gasteiger partial charge in [-0.1, -0.05) is 15.9 Å². The maximum Gasteiger partial charge on any atom is 0.216 e. The van der Waals surface area contributed by atoms with Crippen molar-refractivity contribution in [2.24, 2.45) is 5.84 Å². The molecule has 2 aromatic rings. The molecule has 1 atom stereocenters. The summed E-state index contributed by atoms with van der Waals surface area (Å²) in [6.07, 6.45) is 1.90. The van der Waals surface area contributed by atoms with Gasteiger partial charge in [-0.05, 0) is 30.2 Å². The Labute approximate surface area is 124 Å². The summed E-state index contributed by atoms with van der Waals surface area (Å²) >= 11 is 3.27. The molecular weight excluding hydrogens is 327 g/mol. The zero-order chi connectivity index (χ0) is 14.5. The van der Waals surface area contributed by atoms with Crippen LogP contribution in [-0.4, -0.2) is 17.1 Å². The first-order valence-corrected chi connectivity index (χ1v) is 6.68. The highest BCUT2D eigenvalue weighted by Crippen LogP contribution is 2.21. The molecule has 0 bridgehead atoms. The fourth-order valence-corrected chi connectivity index (χ4v) is 2.38. The van der Waals surface area contributed by atoms with Crippen LogP contribution in [0.15, 0.2) is 35.1 Å². The van der Waals surface area contributed by atoms with Crippen LogP contribution in [0, 0.1) is 5.82 Å². The Kier molecular flexibility index (Phi) is 4.99. The average Bonchev–Trinajstić information content (AvgIpc) is 2.44. The SMILES string of the molecule is COc1cc(C(Cc2cc(F)cc(Br)c2)NN)ncn1. The molecule has 0 spiro atoms. The number of hydrazine groups is 1. The van der Waals surface area contributed by atoms with Crippen LogP contribution >= 0.6 is 15.9 Å². The third kappa shape index (κ3) is 3.72. The van der Waals surface area contributed by atoms with Crippen LogP contribution in [-0.2, 0) is 6.42 Å². The molecule has 2 rings (SSSR count). The smallest absolute Gasteiger partial charge is 0.216 e. The molecule has 0 fully saturated rings. The fraction of sp³-hybridized carbons (Fsp3) is 0.231. The van der Waals surface area contributed by atoms with Gasteiger partial charge in [0.1, 0.15) is 12.1 Å². The number of ether oxygens (including phenoxy) is 1. The van der Waals surface area contributed by atoms with E-state index in [0.717, 1.165) is 5.56 Å². The zero-order valence-electron chi connectivity index (χ0n) is 10.8. The van der Waals surface area contributed by atoms with Crippen molar-refractivity contribution in [2.45, 2.75) is 12.5 Å². The second-order valence-electron chi connectivity index (χ2n) is 4.19. The molecule has 5 nitrogen and oxygen atoms in total. The maximum atomic E-state index is 13.4. The lowest BCUT2D eigenvalue weighted by Gasteiger charge is -2.16. The van der Waals surface area contributed by atoms with Crippen LogP contribution in [0.2, 0.25) is 0 Å². The molecule has 0 aliphatic heterocycles. The van der Waals surface area contributed by atoms with Gasteiger partial charge in [0, 0.05) is 10.5 Å². The topological polar surface area (TPSA) is 73.1 Å². The molecule has 1 aromatic carbocycles. The van der Waals surface area contributed by atoms with Crippen molar-refractivity contribution in [2.75, 3.05) is 7.11 Å². The van der Waals surface area contributed by atoms with E-state index in [2.05, 4.69) is 31.3 Å². The highest BCUT2D eigenvalue weighted by atomic mass is 79.9. The monoisotopic (exact) mass is 340 g/mol. The molecule has 0 aliphatic carbocycles. The van der Waals surface area contributed by atoms with Crippen molar-refractivity contribution in [3.63, 3.8) is 0 Å². The van der Waals surface area contributed by atoms with Gasteiger partial charge in [-0.2, -0.15) is 0 Å². The van der Waals surface area contributed by atoms with E-state index in [1.165, 1.54) is 25.6 Å². The number of hydrogen-bond acceptors (Lipinski definition) is 5. The summed E-state index contributed by atoms with van der Waals surface area (Å²) in [4.78, 5) is 8.10. The minimum Gasteiger partial charge on any atom is -0.481 e. The van der Waals surface area contributed by atoms with E-state index >= 15 is 0 Å². The van der Waals surface area contributed by atoms with E-state index in [4.69, 9.17) is 10.6 Å². The number of aromatic nitrogens is 2. The van der Waals surface area contributed by atoms with E-state index in [1.54, 1.807) is 6.07 Å². The van der Waals surface area contributed by atoms with Crippen molar-refractivity contribution in [1.82, 2.24) is 15.4 Å². The molecule has 0 amide bonds. The van der Waals surface area contributed by atoms with E-state index < -0.39 is 0 Å². The third-order valence-corrected chi connectivity index (χ3v) is 3.25. The predicted octanol–water partition coefficient (Wildman–Crippen LogP) is 2.13. The second kappa shape index (κ2) is 6.74.